The summed E-state index contributed by atoms with van der Waals surface area (Å²) in [6, 6.07) is 13.6. The van der Waals surface area contributed by atoms with Gasteiger partial charge in [0.05, 0.1) is 0 Å². The van der Waals surface area contributed by atoms with Crippen LogP contribution in [0.1, 0.15) is 49.5 Å². The van der Waals surface area contributed by atoms with E-state index in [2.05, 4.69) is 10.6 Å². The largest absolute Gasteiger partial charge is 0.444 e. The minimum atomic E-state index is -0.627. The average Bonchev–Trinajstić information content (AvgIpc) is 2.69. The molecule has 1 atom stereocenters. The van der Waals surface area contributed by atoms with Crippen molar-refractivity contribution >= 4 is 35.5 Å². The Morgan fingerprint density at radius 1 is 1.13 bits per heavy atom. The summed E-state index contributed by atoms with van der Waals surface area (Å²) in [7, 11) is 0. The number of aldehydes is 1. The quantitative estimate of drug-likeness (QED) is 0.438. The number of carbonyl (C=O) groups excluding carboxylic acids is 3. The maximum atomic E-state index is 12.9. The minimum absolute atomic E-state index is 0.162. The normalized spacial score (nSPS) is 12.0. The number of amides is 1. The van der Waals surface area contributed by atoms with E-state index in [4.69, 9.17) is 16.3 Å². The Morgan fingerprint density at radius 3 is 2.47 bits per heavy atom. The number of ether oxygens (including phenoxy) is 1. The molecule has 6 nitrogen and oxygen atoms in total. The van der Waals surface area contributed by atoms with Crippen LogP contribution in [0.2, 0.25) is 5.02 Å². The van der Waals surface area contributed by atoms with E-state index >= 15 is 0 Å². The molecule has 0 unspecified atom stereocenters. The first-order chi connectivity index (χ1) is 14.2. The first-order valence-corrected chi connectivity index (χ1v) is 10.1. The lowest BCUT2D eigenvalue weighted by Crippen LogP contribution is -2.42. The molecule has 7 heteroatoms. The van der Waals surface area contributed by atoms with Gasteiger partial charge in [-0.2, -0.15) is 0 Å². The summed E-state index contributed by atoms with van der Waals surface area (Å²) in [4.78, 5) is 35.9. The minimum Gasteiger partial charge on any atom is -0.444 e. The van der Waals surface area contributed by atoms with Crippen LogP contribution in [0, 0.1) is 0 Å². The molecular formula is C23H27ClN2O4. The molecule has 0 bridgehead atoms. The lowest BCUT2D eigenvalue weighted by atomic mass is 10.0. The van der Waals surface area contributed by atoms with E-state index in [-0.39, 0.29) is 11.8 Å². The van der Waals surface area contributed by atoms with E-state index in [1.807, 2.05) is 6.07 Å². The Morgan fingerprint density at radius 2 is 1.83 bits per heavy atom. The maximum absolute atomic E-state index is 12.9. The SMILES string of the molecule is CC(C)(C)OC(=O)N[C@@H](CCC=O)CNc1ccc(Cl)cc1C(=O)c1ccccc1. The highest BCUT2D eigenvalue weighted by atomic mass is 35.5. The van der Waals surface area contributed by atoms with Crippen molar-refractivity contribution in [3.8, 4) is 0 Å². The topological polar surface area (TPSA) is 84.5 Å². The third-order valence-corrected chi connectivity index (χ3v) is 4.39. The van der Waals surface area contributed by atoms with Crippen LogP contribution in [0.25, 0.3) is 0 Å². The molecule has 2 N–H and O–H groups in total. The lowest BCUT2D eigenvalue weighted by molar-refractivity contribution is -0.108. The van der Waals surface area contributed by atoms with Crippen molar-refractivity contribution in [2.75, 3.05) is 11.9 Å². The molecule has 0 aliphatic heterocycles. The van der Waals surface area contributed by atoms with Crippen molar-refractivity contribution in [3.63, 3.8) is 0 Å². The zero-order chi connectivity index (χ0) is 22.1. The molecule has 160 valence electrons. The first-order valence-electron chi connectivity index (χ1n) is 9.76. The van der Waals surface area contributed by atoms with Gasteiger partial charge in [-0.3, -0.25) is 4.79 Å². The highest BCUT2D eigenvalue weighted by Crippen LogP contribution is 2.24. The van der Waals surface area contributed by atoms with Crippen LogP contribution in [0.3, 0.4) is 0 Å². The third kappa shape index (κ3) is 7.52. The van der Waals surface area contributed by atoms with Gasteiger partial charge in [-0.05, 0) is 45.4 Å². The van der Waals surface area contributed by atoms with Crippen molar-refractivity contribution in [1.82, 2.24) is 5.32 Å². The average molecular weight is 431 g/mol. The molecule has 0 aliphatic carbocycles. The van der Waals surface area contributed by atoms with E-state index < -0.39 is 11.7 Å². The number of hydrogen-bond donors (Lipinski definition) is 2. The lowest BCUT2D eigenvalue weighted by Gasteiger charge is -2.24. The molecule has 0 saturated heterocycles. The van der Waals surface area contributed by atoms with E-state index in [0.29, 0.717) is 41.2 Å². The number of benzene rings is 2. The molecule has 2 aromatic rings. The van der Waals surface area contributed by atoms with Crippen molar-refractivity contribution < 1.29 is 19.1 Å². The standard InChI is InChI=1S/C23H27ClN2O4/c1-23(2,3)30-22(29)26-18(10-7-13-27)15-25-20-12-11-17(24)14-19(20)21(28)16-8-5-4-6-9-16/h4-6,8-9,11-14,18,25H,7,10,15H2,1-3H3,(H,26,29)/t18-/m0/s1. The first kappa shape index (κ1) is 23.4. The number of alkyl carbamates (subject to hydrolysis) is 1. The number of ketones is 1. The van der Waals surface area contributed by atoms with Crippen molar-refractivity contribution in [3.05, 3.63) is 64.7 Å². The highest BCUT2D eigenvalue weighted by molar-refractivity contribution is 6.31. The second-order valence-corrected chi connectivity index (χ2v) is 8.29. The third-order valence-electron chi connectivity index (χ3n) is 4.15. The van der Waals surface area contributed by atoms with Gasteiger partial charge in [0.25, 0.3) is 0 Å². The second kappa shape index (κ2) is 10.8. The van der Waals surface area contributed by atoms with Crippen molar-refractivity contribution in [2.24, 2.45) is 0 Å². The monoisotopic (exact) mass is 430 g/mol. The van der Waals surface area contributed by atoms with Crippen LogP contribution in [-0.2, 0) is 9.53 Å². The fourth-order valence-electron chi connectivity index (χ4n) is 2.81. The number of hydrogen-bond acceptors (Lipinski definition) is 5. The maximum Gasteiger partial charge on any atom is 0.407 e. The predicted molar refractivity (Wildman–Crippen MR) is 118 cm³/mol. The Bertz CT molecular complexity index is 879. The van der Waals surface area contributed by atoms with Gasteiger partial charge >= 0.3 is 6.09 Å². The van der Waals surface area contributed by atoms with Gasteiger partial charge in [0, 0.05) is 40.8 Å². The smallest absolute Gasteiger partial charge is 0.407 e. The predicted octanol–water partition coefficient (Wildman–Crippen LogP) is 4.86. The summed E-state index contributed by atoms with van der Waals surface area (Å²) in [5.41, 5.74) is 0.945. The highest BCUT2D eigenvalue weighted by Gasteiger charge is 2.20. The summed E-state index contributed by atoms with van der Waals surface area (Å²) in [5.74, 6) is -0.162. The van der Waals surface area contributed by atoms with Crippen LogP contribution >= 0.6 is 11.6 Å². The van der Waals surface area contributed by atoms with Crippen LogP contribution in [0.4, 0.5) is 10.5 Å². The summed E-state index contributed by atoms with van der Waals surface area (Å²) < 4.78 is 5.30. The zero-order valence-electron chi connectivity index (χ0n) is 17.4. The van der Waals surface area contributed by atoms with Gasteiger partial charge in [-0.25, -0.2) is 4.79 Å². The summed E-state index contributed by atoms with van der Waals surface area (Å²) in [6.45, 7) is 5.64. The van der Waals surface area contributed by atoms with Gasteiger partial charge < -0.3 is 20.2 Å². The van der Waals surface area contributed by atoms with E-state index in [1.165, 1.54) is 0 Å². The molecule has 0 aliphatic rings. The Balaban J connectivity index is 2.15. The number of nitrogens with one attached hydrogen (secondary N) is 2. The molecule has 2 aromatic carbocycles. The fourth-order valence-corrected chi connectivity index (χ4v) is 2.98. The summed E-state index contributed by atoms with van der Waals surface area (Å²) in [5, 5.41) is 6.43. The van der Waals surface area contributed by atoms with Crippen LogP contribution in [0.5, 0.6) is 0 Å². The molecule has 0 heterocycles. The van der Waals surface area contributed by atoms with E-state index in [9.17, 15) is 14.4 Å². The van der Waals surface area contributed by atoms with Gasteiger partial charge in [0.2, 0.25) is 0 Å². The van der Waals surface area contributed by atoms with Gasteiger partial charge in [0.15, 0.2) is 5.78 Å². The zero-order valence-corrected chi connectivity index (χ0v) is 18.2. The van der Waals surface area contributed by atoms with E-state index in [1.54, 1.807) is 63.2 Å². The van der Waals surface area contributed by atoms with Crippen molar-refractivity contribution in [1.29, 1.82) is 0 Å². The summed E-state index contributed by atoms with van der Waals surface area (Å²) >= 11 is 6.12. The molecule has 0 spiro atoms. The molecule has 0 aromatic heterocycles. The molecule has 30 heavy (non-hydrogen) atoms. The molecule has 0 saturated carbocycles. The fraction of sp³-hybridized carbons (Fsp3) is 0.348. The number of rotatable bonds is 9. The van der Waals surface area contributed by atoms with Crippen LogP contribution in [0.15, 0.2) is 48.5 Å². The Hall–Kier alpha value is -2.86. The molecule has 0 fully saturated rings. The van der Waals surface area contributed by atoms with Crippen molar-refractivity contribution in [2.45, 2.75) is 45.3 Å². The molecule has 1 amide bonds. The van der Waals surface area contributed by atoms with Crippen LogP contribution in [-0.4, -0.2) is 36.4 Å². The molecule has 0 radical (unpaired) electrons. The van der Waals surface area contributed by atoms with E-state index in [0.717, 1.165) is 6.29 Å². The van der Waals surface area contributed by atoms with Gasteiger partial charge in [-0.1, -0.05) is 41.9 Å². The molecule has 2 rings (SSSR count). The number of anilines is 1. The van der Waals surface area contributed by atoms with Gasteiger partial charge in [0.1, 0.15) is 11.9 Å². The number of carbonyl (C=O) groups is 3. The Kier molecular flexibility index (Phi) is 8.42. The van der Waals surface area contributed by atoms with Crippen LogP contribution < -0.4 is 10.6 Å². The number of halogens is 1. The van der Waals surface area contributed by atoms with Gasteiger partial charge in [-0.15, -0.1) is 0 Å². The summed E-state index contributed by atoms with van der Waals surface area (Å²) in [6.07, 6.45) is 0.970. The second-order valence-electron chi connectivity index (χ2n) is 7.85. The molecular weight excluding hydrogens is 404 g/mol. The Labute approximate surface area is 182 Å².